The van der Waals surface area contributed by atoms with Crippen molar-refractivity contribution in [3.8, 4) is 0 Å². The Morgan fingerprint density at radius 1 is 1.22 bits per heavy atom. The second kappa shape index (κ2) is 10.8. The number of aliphatic imine (C=N–C) groups is 1. The van der Waals surface area contributed by atoms with E-state index in [1.807, 2.05) is 12.1 Å². The highest BCUT2D eigenvalue weighted by atomic mass is 127. The second-order valence-corrected chi connectivity index (χ2v) is 7.03. The number of piperidine rings is 1. The van der Waals surface area contributed by atoms with Crippen LogP contribution in [0.2, 0.25) is 0 Å². The van der Waals surface area contributed by atoms with Crippen molar-refractivity contribution in [2.45, 2.75) is 45.7 Å². The highest BCUT2D eigenvalue weighted by molar-refractivity contribution is 14.0. The topological polar surface area (TPSA) is 57.5 Å². The number of para-hydroxylation sites is 2. The summed E-state index contributed by atoms with van der Waals surface area (Å²) < 4.78 is 2.13. The van der Waals surface area contributed by atoms with Crippen molar-refractivity contribution in [2.24, 2.45) is 12.0 Å². The molecule has 0 bridgehead atoms. The lowest BCUT2D eigenvalue weighted by atomic mass is 10.1. The van der Waals surface area contributed by atoms with E-state index >= 15 is 0 Å². The van der Waals surface area contributed by atoms with Gasteiger partial charge in [0.25, 0.3) is 0 Å². The summed E-state index contributed by atoms with van der Waals surface area (Å²) in [5.41, 5.74) is 2.18. The van der Waals surface area contributed by atoms with Crippen LogP contribution in [0.15, 0.2) is 29.3 Å². The van der Waals surface area contributed by atoms with Crippen LogP contribution in [0.4, 0.5) is 0 Å². The SMILES string of the molecule is CCCN1CCC(NC(=NCc2nc3ccccc3n2C)NCC)CC1.I. The molecule has 2 heterocycles. The van der Waals surface area contributed by atoms with Gasteiger partial charge in [-0.2, -0.15) is 0 Å². The summed E-state index contributed by atoms with van der Waals surface area (Å²) >= 11 is 0. The summed E-state index contributed by atoms with van der Waals surface area (Å²) in [6.45, 7) is 9.37. The summed E-state index contributed by atoms with van der Waals surface area (Å²) in [4.78, 5) is 12.1. The Labute approximate surface area is 179 Å². The van der Waals surface area contributed by atoms with Gasteiger partial charge in [0.05, 0.1) is 11.0 Å². The number of likely N-dealkylation sites (tertiary alicyclic amines) is 1. The molecule has 0 unspecified atom stereocenters. The molecule has 1 aromatic heterocycles. The molecule has 0 spiro atoms. The molecule has 27 heavy (non-hydrogen) atoms. The molecule has 7 heteroatoms. The standard InChI is InChI=1S/C20H32N6.HI/c1-4-12-26-13-10-16(11-14-26)23-20(21-5-2)22-15-19-24-17-8-6-7-9-18(17)25(19)3;/h6-9,16H,4-5,10-15H2,1-3H3,(H2,21,22,23);1H. The Morgan fingerprint density at radius 3 is 2.63 bits per heavy atom. The Bertz CT molecular complexity index is 733. The minimum Gasteiger partial charge on any atom is -0.357 e. The third kappa shape index (κ3) is 5.81. The van der Waals surface area contributed by atoms with Gasteiger partial charge in [0, 0.05) is 32.7 Å². The predicted octanol–water partition coefficient (Wildman–Crippen LogP) is 3.12. The number of nitrogens with one attached hydrogen (secondary N) is 2. The van der Waals surface area contributed by atoms with Gasteiger partial charge in [-0.1, -0.05) is 19.1 Å². The summed E-state index contributed by atoms with van der Waals surface area (Å²) in [5.74, 6) is 1.88. The molecule has 1 fully saturated rings. The van der Waals surface area contributed by atoms with Gasteiger partial charge in [-0.3, -0.25) is 0 Å². The smallest absolute Gasteiger partial charge is 0.191 e. The first-order valence-electron chi connectivity index (χ1n) is 9.88. The largest absolute Gasteiger partial charge is 0.357 e. The number of hydrogen-bond acceptors (Lipinski definition) is 3. The first kappa shape index (κ1) is 21.9. The molecule has 3 rings (SSSR count). The fourth-order valence-electron chi connectivity index (χ4n) is 3.62. The third-order valence-electron chi connectivity index (χ3n) is 5.07. The van der Waals surface area contributed by atoms with Crippen LogP contribution in [0.1, 0.15) is 38.9 Å². The highest BCUT2D eigenvalue weighted by Crippen LogP contribution is 2.15. The van der Waals surface area contributed by atoms with Gasteiger partial charge < -0.3 is 20.1 Å². The molecule has 1 aliphatic rings. The van der Waals surface area contributed by atoms with Crippen molar-refractivity contribution < 1.29 is 0 Å². The first-order valence-corrected chi connectivity index (χ1v) is 9.88. The Balaban J connectivity index is 0.00000261. The average Bonchev–Trinajstić information content (AvgIpc) is 2.98. The lowest BCUT2D eigenvalue weighted by molar-refractivity contribution is 0.206. The van der Waals surface area contributed by atoms with Gasteiger partial charge >= 0.3 is 0 Å². The maximum absolute atomic E-state index is 4.79. The van der Waals surface area contributed by atoms with E-state index in [-0.39, 0.29) is 24.0 Å². The second-order valence-electron chi connectivity index (χ2n) is 7.03. The number of rotatable bonds is 6. The zero-order valence-corrected chi connectivity index (χ0v) is 19.1. The number of nitrogens with zero attached hydrogens (tertiary/aromatic N) is 4. The van der Waals surface area contributed by atoms with Gasteiger partial charge in [0.2, 0.25) is 0 Å². The normalized spacial score (nSPS) is 16.3. The lowest BCUT2D eigenvalue weighted by Crippen LogP contribution is -2.48. The third-order valence-corrected chi connectivity index (χ3v) is 5.07. The molecule has 1 aromatic carbocycles. The Morgan fingerprint density at radius 2 is 1.96 bits per heavy atom. The maximum Gasteiger partial charge on any atom is 0.191 e. The number of aromatic nitrogens is 2. The van der Waals surface area contributed by atoms with E-state index < -0.39 is 0 Å². The molecule has 0 radical (unpaired) electrons. The number of guanidine groups is 1. The van der Waals surface area contributed by atoms with Gasteiger partial charge in [0.1, 0.15) is 12.4 Å². The molecule has 2 aromatic rings. The van der Waals surface area contributed by atoms with Crippen molar-refractivity contribution in [3.63, 3.8) is 0 Å². The van der Waals surface area contributed by atoms with Gasteiger partial charge in [-0.15, -0.1) is 24.0 Å². The number of benzene rings is 1. The van der Waals surface area contributed by atoms with E-state index in [1.165, 1.54) is 38.9 Å². The number of aryl methyl sites for hydroxylation is 1. The van der Waals surface area contributed by atoms with Crippen LogP contribution in [0.3, 0.4) is 0 Å². The minimum atomic E-state index is 0. The lowest BCUT2D eigenvalue weighted by Gasteiger charge is -2.32. The molecule has 0 aliphatic carbocycles. The maximum atomic E-state index is 4.79. The van der Waals surface area contributed by atoms with E-state index in [4.69, 9.17) is 9.98 Å². The van der Waals surface area contributed by atoms with Crippen molar-refractivity contribution in [3.05, 3.63) is 30.1 Å². The summed E-state index contributed by atoms with van der Waals surface area (Å²) in [7, 11) is 2.06. The summed E-state index contributed by atoms with van der Waals surface area (Å²) in [6.07, 6.45) is 3.59. The van der Waals surface area contributed by atoms with E-state index in [0.29, 0.717) is 12.6 Å². The molecular weight excluding hydrogens is 451 g/mol. The molecule has 2 N–H and O–H groups in total. The fraction of sp³-hybridized carbons (Fsp3) is 0.600. The molecule has 1 saturated heterocycles. The Kier molecular flexibility index (Phi) is 8.82. The molecule has 0 amide bonds. The molecule has 150 valence electrons. The highest BCUT2D eigenvalue weighted by Gasteiger charge is 2.19. The number of hydrogen-bond donors (Lipinski definition) is 2. The molecule has 6 nitrogen and oxygen atoms in total. The number of fused-ring (bicyclic) bond motifs is 1. The van der Waals surface area contributed by atoms with Crippen LogP contribution >= 0.6 is 24.0 Å². The predicted molar refractivity (Wildman–Crippen MR) is 124 cm³/mol. The van der Waals surface area contributed by atoms with Crippen molar-refractivity contribution in [1.82, 2.24) is 25.1 Å². The summed E-state index contributed by atoms with van der Waals surface area (Å²) in [5, 5.41) is 7.00. The van der Waals surface area contributed by atoms with Crippen molar-refractivity contribution in [1.29, 1.82) is 0 Å². The van der Waals surface area contributed by atoms with Crippen LogP contribution in [-0.2, 0) is 13.6 Å². The van der Waals surface area contributed by atoms with Crippen LogP contribution in [0, 0.1) is 0 Å². The minimum absolute atomic E-state index is 0. The molecule has 0 saturated carbocycles. The zero-order valence-electron chi connectivity index (χ0n) is 16.7. The van der Waals surface area contributed by atoms with E-state index in [1.54, 1.807) is 0 Å². The van der Waals surface area contributed by atoms with Crippen LogP contribution < -0.4 is 10.6 Å². The van der Waals surface area contributed by atoms with Crippen molar-refractivity contribution >= 4 is 41.0 Å². The van der Waals surface area contributed by atoms with Crippen LogP contribution in [0.25, 0.3) is 11.0 Å². The van der Waals surface area contributed by atoms with Gasteiger partial charge in [0.15, 0.2) is 5.96 Å². The van der Waals surface area contributed by atoms with Crippen LogP contribution in [0.5, 0.6) is 0 Å². The fourth-order valence-corrected chi connectivity index (χ4v) is 3.62. The summed E-state index contributed by atoms with van der Waals surface area (Å²) in [6, 6.07) is 8.73. The van der Waals surface area contributed by atoms with Crippen molar-refractivity contribution in [2.75, 3.05) is 26.2 Å². The Hall–Kier alpha value is -1.35. The van der Waals surface area contributed by atoms with E-state index in [0.717, 1.165) is 29.4 Å². The average molecular weight is 484 g/mol. The zero-order chi connectivity index (χ0) is 18.4. The van der Waals surface area contributed by atoms with Gasteiger partial charge in [-0.25, -0.2) is 9.98 Å². The number of imidazole rings is 1. The quantitative estimate of drug-likeness (QED) is 0.376. The van der Waals surface area contributed by atoms with Gasteiger partial charge in [-0.05, 0) is 44.9 Å². The van der Waals surface area contributed by atoms with E-state index in [2.05, 4.69) is 53.1 Å². The molecule has 1 aliphatic heterocycles. The first-order chi connectivity index (χ1) is 12.7. The van der Waals surface area contributed by atoms with Crippen LogP contribution in [-0.4, -0.2) is 52.6 Å². The molecule has 0 atom stereocenters. The van der Waals surface area contributed by atoms with E-state index in [9.17, 15) is 0 Å². The number of halogens is 1. The monoisotopic (exact) mass is 484 g/mol. The molecular formula is C20H33IN6.